The maximum absolute atomic E-state index is 12.2. The standard InChI is InChI=1S/C28H30N6O2S.C21H21N3O2S.C20H21N5O3S.C20H20N4O2S.C19H18N2O2S/c1-20-8-10-23(11-9-20)33-14-16-34(17-15-33)27-29-22(18-24-26(35)31-28(36)37-24)19-25(30-27)32(2)13-12-21-6-4-3-5-7-21;1-15-5-7-17(8-6-15)23-9-11-24(12-10-23)20-4-2-3-16(22-20)13-19-18(25)14-21(26)27-19;1-13-3-5-15(6-4-13)24-7-9-25(10-8-24)19-21-14(12-17(22-19)28-2)11-16-18(26)23-20(27)29-16;1-14-2-4-16(5-3-14)23-8-10-24(11-9-23)18-13-15(6-7-21-18)12-17-19(25)22-20(26)27-17;1-21(11-10-14-6-3-2-4-7-14)18-9-5-8-15(20-18)12-17-16(22)13-19(23)24-17/h3-11,18-19H,12-17H2,1-2H3,(H,31,35,36);2-8,13H,9-12,14H2,1H3;3-6,11-12H,7-10H2,1-2H3,(H,23,26,27);2-7,12-13H,8-11H2,1H3,(H,22,25,26);2-9,12H,10-11,13H2,1H3/b24-18-;19-13-;16-11-;2*17-12-. The van der Waals surface area contributed by atoms with Crippen LogP contribution in [0.1, 0.15) is 74.6 Å². The number of rotatable bonds is 22. The van der Waals surface area contributed by atoms with Crippen LogP contribution in [0, 0.1) is 27.7 Å². The number of nitrogens with one attached hydrogen (secondary N) is 3. The molecule has 31 nitrogen and oxygen atoms in total. The average molecular weight is 2020 g/mol. The van der Waals surface area contributed by atoms with E-state index in [1.54, 1.807) is 49.8 Å². The summed E-state index contributed by atoms with van der Waals surface area (Å²) in [6, 6.07) is 73.9. The summed E-state index contributed by atoms with van der Waals surface area (Å²) in [7, 11) is 5.56. The van der Waals surface area contributed by atoms with Crippen LogP contribution >= 0.6 is 58.8 Å². The molecule has 0 aliphatic carbocycles. The molecule has 0 spiro atoms. The third-order valence-electron chi connectivity index (χ3n) is 24.7. The molecule has 144 heavy (non-hydrogen) atoms. The topological polar surface area (TPSA) is 339 Å². The number of aromatic nitrogens is 7. The molecule has 3 N–H and O–H groups in total. The number of benzene rings is 6. The number of carbonyl (C=O) groups is 10. The Morgan fingerprint density at radius 3 is 1.08 bits per heavy atom. The summed E-state index contributed by atoms with van der Waals surface area (Å²) in [5.74, 6) is 3.67. The average Bonchev–Trinajstić information content (AvgIpc) is 0.957. The fourth-order valence-electron chi connectivity index (χ4n) is 16.6. The SMILES string of the molecule is CN(CCc1ccccc1)c1cccc(/C=C2\SC(=O)CC2=O)n1.COc1cc(/C=C2\SC(=O)NC2=O)nc(N2CCN(c3ccc(C)cc3)CC2)n1.Cc1ccc(N2CCN(c3cc(/C=C4\SC(=O)NC4=O)ccn3)CC2)cc1.Cc1ccc(N2CCN(c3cccc(/C=C4\SC(=O)CC4=O)n3)CC2)cc1.Cc1ccc(N2CCN(c3nc(/C=C4\SC(=O)NC4=O)cc(N(C)CCc4ccccc4)n3)CC2)cc1. The number of methoxy groups -OCH3 is 1. The second-order valence-electron chi connectivity index (χ2n) is 35.1. The number of pyridine rings is 3. The summed E-state index contributed by atoms with van der Waals surface area (Å²) in [5.41, 5.74) is 15.9. The van der Waals surface area contributed by atoms with E-state index in [1.165, 1.54) is 56.1 Å². The first kappa shape index (κ1) is 102. The first-order valence-corrected chi connectivity index (χ1v) is 51.5. The first-order chi connectivity index (χ1) is 69.7. The van der Waals surface area contributed by atoms with Crippen molar-refractivity contribution in [2.75, 3.05) is 188 Å². The molecule has 9 saturated heterocycles. The molecule has 0 bridgehead atoms. The third-order valence-corrected chi connectivity index (χ3v) is 29.0. The van der Waals surface area contributed by atoms with Gasteiger partial charge in [0.15, 0.2) is 11.6 Å². The van der Waals surface area contributed by atoms with Crippen molar-refractivity contribution >= 4 is 202 Å². The smallest absolute Gasteiger partial charge is 0.290 e. The van der Waals surface area contributed by atoms with E-state index in [-0.39, 0.29) is 62.2 Å². The van der Waals surface area contributed by atoms with Gasteiger partial charge in [-0.3, -0.25) is 63.9 Å². The van der Waals surface area contributed by atoms with Gasteiger partial charge in [0.2, 0.25) is 28.0 Å². The van der Waals surface area contributed by atoms with Crippen LogP contribution in [0.15, 0.2) is 249 Å². The van der Waals surface area contributed by atoms with Crippen molar-refractivity contribution in [3.05, 3.63) is 311 Å². The minimum atomic E-state index is -0.411. The summed E-state index contributed by atoms with van der Waals surface area (Å²) in [6.45, 7) is 23.9. The van der Waals surface area contributed by atoms with Crippen molar-refractivity contribution in [2.24, 2.45) is 0 Å². The van der Waals surface area contributed by atoms with Gasteiger partial charge >= 0.3 is 0 Å². The van der Waals surface area contributed by atoms with Crippen molar-refractivity contribution in [1.82, 2.24) is 50.8 Å². The zero-order valence-corrected chi connectivity index (χ0v) is 85.0. The number of aryl methyl sites for hydroxylation is 4. The number of imide groups is 3. The molecule has 14 heterocycles. The zero-order valence-electron chi connectivity index (χ0n) is 80.9. The number of ketones is 2. The monoisotopic (exact) mass is 2020 g/mol. The zero-order chi connectivity index (χ0) is 101. The molecule has 5 aromatic heterocycles. The number of Topliss-reactive ketones (excluding diaryl/α,β-unsaturated/α-hetero) is 2. The lowest BCUT2D eigenvalue weighted by molar-refractivity contribution is -0.120. The number of amides is 6. The Kier molecular flexibility index (Phi) is 34.7. The van der Waals surface area contributed by atoms with Gasteiger partial charge in [-0.15, -0.1) is 0 Å². The molecule has 0 saturated carbocycles. The lowest BCUT2D eigenvalue weighted by Gasteiger charge is -2.36. The fraction of sp³-hybridized carbons (Fsp3) is 0.269. The molecule has 6 amide bonds. The molecule has 738 valence electrons. The minimum Gasteiger partial charge on any atom is -0.481 e. The Labute approximate surface area is 858 Å². The molecule has 0 radical (unpaired) electrons. The Morgan fingerprint density at radius 2 is 0.688 bits per heavy atom. The van der Waals surface area contributed by atoms with E-state index in [0.29, 0.717) is 59.4 Å². The minimum absolute atomic E-state index is 0.00282. The number of carbonyl (C=O) groups excluding carboxylic acids is 10. The van der Waals surface area contributed by atoms with Crippen molar-refractivity contribution in [3.63, 3.8) is 0 Å². The van der Waals surface area contributed by atoms with Crippen LogP contribution in [-0.2, 0) is 46.4 Å². The predicted molar refractivity (Wildman–Crippen MR) is 580 cm³/mol. The van der Waals surface area contributed by atoms with Gasteiger partial charge in [0.25, 0.3) is 33.4 Å². The van der Waals surface area contributed by atoms with E-state index >= 15 is 0 Å². The maximum Gasteiger partial charge on any atom is 0.290 e. The normalized spacial score (nSPS) is 17.8. The first-order valence-electron chi connectivity index (χ1n) is 47.4. The van der Waals surface area contributed by atoms with E-state index in [2.05, 4.69) is 239 Å². The number of anilines is 10. The molecule has 20 rings (SSSR count). The van der Waals surface area contributed by atoms with Crippen LogP contribution in [0.3, 0.4) is 0 Å². The second kappa shape index (κ2) is 48.8. The maximum atomic E-state index is 12.2. The summed E-state index contributed by atoms with van der Waals surface area (Å²) in [5, 5.41) is 5.58. The molecule has 9 aliphatic rings. The molecule has 11 aromatic rings. The molecule has 6 aromatic carbocycles. The van der Waals surface area contributed by atoms with E-state index in [9.17, 15) is 47.9 Å². The molecule has 0 atom stereocenters. The second-order valence-corrected chi connectivity index (χ2v) is 40.4. The number of ether oxygens (including phenoxy) is 1. The van der Waals surface area contributed by atoms with Gasteiger partial charge in [-0.05, 0) is 231 Å². The number of allylic oxidation sites excluding steroid dienone is 2. The van der Waals surface area contributed by atoms with Gasteiger partial charge in [-0.25, -0.2) is 24.9 Å². The third kappa shape index (κ3) is 28.4. The van der Waals surface area contributed by atoms with Crippen molar-refractivity contribution in [3.8, 4) is 5.88 Å². The highest BCUT2D eigenvalue weighted by atomic mass is 32.2. The Balaban J connectivity index is 0.000000130. The van der Waals surface area contributed by atoms with Gasteiger partial charge in [-0.1, -0.05) is 144 Å². The number of hydrogen-bond acceptors (Lipinski definition) is 33. The lowest BCUT2D eigenvalue weighted by atomic mass is 10.1. The highest BCUT2D eigenvalue weighted by Crippen LogP contribution is 2.36. The summed E-state index contributed by atoms with van der Waals surface area (Å²) in [4.78, 5) is 173. The number of likely N-dealkylation sites (N-methyl/N-ethyl adjacent to an activating group) is 2. The van der Waals surface area contributed by atoms with Crippen LogP contribution < -0.4 is 69.7 Å². The van der Waals surface area contributed by atoms with E-state index < -0.39 is 5.91 Å². The van der Waals surface area contributed by atoms with Crippen LogP contribution in [0.5, 0.6) is 5.88 Å². The van der Waals surface area contributed by atoms with Crippen LogP contribution in [-0.4, -0.2) is 229 Å². The predicted octanol–water partition coefficient (Wildman–Crippen LogP) is 16.2. The van der Waals surface area contributed by atoms with E-state index in [4.69, 9.17) is 14.7 Å². The number of nitrogens with zero attached hydrogens (tertiary/aromatic N) is 17. The summed E-state index contributed by atoms with van der Waals surface area (Å²) < 4.78 is 5.31. The fourth-order valence-corrected chi connectivity index (χ4v) is 20.3. The number of thioether (sulfide) groups is 5. The molecule has 36 heteroatoms. The number of piperazine rings is 4. The van der Waals surface area contributed by atoms with Gasteiger partial charge < -0.3 is 53.7 Å². The van der Waals surface area contributed by atoms with Crippen molar-refractivity contribution < 1.29 is 52.7 Å². The van der Waals surface area contributed by atoms with Crippen LogP contribution in [0.25, 0.3) is 30.4 Å². The quantitative estimate of drug-likeness (QED) is 0.0419. The van der Waals surface area contributed by atoms with E-state index in [1.807, 2.05) is 105 Å². The number of hydrogen-bond donors (Lipinski definition) is 3. The Hall–Kier alpha value is -14.7. The molecule has 0 unspecified atom stereocenters. The van der Waals surface area contributed by atoms with Gasteiger partial charge in [-0.2, -0.15) is 9.97 Å². The summed E-state index contributed by atoms with van der Waals surface area (Å²) in [6.07, 6.45) is 12.0. The lowest BCUT2D eigenvalue weighted by Crippen LogP contribution is -2.47. The Bertz CT molecular complexity index is 6560. The van der Waals surface area contributed by atoms with Crippen molar-refractivity contribution in [1.29, 1.82) is 0 Å². The van der Waals surface area contributed by atoms with Gasteiger partial charge in [0.1, 0.15) is 23.3 Å². The largest absolute Gasteiger partial charge is 0.481 e. The summed E-state index contributed by atoms with van der Waals surface area (Å²) >= 11 is 4.72. The van der Waals surface area contributed by atoms with E-state index in [0.717, 1.165) is 224 Å². The Morgan fingerprint density at radius 1 is 0.326 bits per heavy atom. The highest BCUT2D eigenvalue weighted by Gasteiger charge is 2.33. The molecule has 9 aliphatic heterocycles. The molecular formula is C108H110N20O11S5. The van der Waals surface area contributed by atoms with Crippen LogP contribution in [0.4, 0.5) is 72.3 Å². The van der Waals surface area contributed by atoms with Crippen LogP contribution in [0.2, 0.25) is 0 Å². The molecular weight excluding hydrogens is 1910 g/mol. The van der Waals surface area contributed by atoms with Crippen molar-refractivity contribution in [2.45, 2.75) is 53.4 Å². The van der Waals surface area contributed by atoms with Gasteiger partial charge in [0, 0.05) is 173 Å². The highest BCUT2D eigenvalue weighted by molar-refractivity contribution is 8.19. The van der Waals surface area contributed by atoms with Gasteiger partial charge in [0.05, 0.1) is 67.3 Å². The molecule has 9 fully saturated rings.